The van der Waals surface area contributed by atoms with Gasteiger partial charge in [-0.2, -0.15) is 0 Å². The number of nitrogens with zero attached hydrogens (tertiary/aromatic N) is 3. The molecule has 0 bridgehead atoms. The van der Waals surface area contributed by atoms with Crippen LogP contribution < -0.4 is 4.74 Å². The van der Waals surface area contributed by atoms with Crippen molar-refractivity contribution < 1.29 is 19.0 Å². The molecule has 1 aliphatic carbocycles. The predicted octanol–water partition coefficient (Wildman–Crippen LogP) is 0.753. The van der Waals surface area contributed by atoms with Crippen LogP contribution in [0.4, 0.5) is 0 Å². The Bertz CT molecular complexity index is 504. The van der Waals surface area contributed by atoms with Crippen LogP contribution in [-0.2, 0) is 9.47 Å². The van der Waals surface area contributed by atoms with Gasteiger partial charge in [0.1, 0.15) is 0 Å². The van der Waals surface area contributed by atoms with E-state index in [1.807, 2.05) is 0 Å². The van der Waals surface area contributed by atoms with Crippen LogP contribution in [0.5, 0.6) is 5.88 Å². The zero-order valence-electron chi connectivity index (χ0n) is 12.7. The molecule has 0 spiro atoms. The van der Waals surface area contributed by atoms with E-state index >= 15 is 0 Å². The van der Waals surface area contributed by atoms with E-state index in [0.717, 1.165) is 12.5 Å². The van der Waals surface area contributed by atoms with Gasteiger partial charge in [0, 0.05) is 25.8 Å². The molecule has 2 aliphatic rings. The number of carbonyl (C=O) groups is 1. The van der Waals surface area contributed by atoms with Crippen molar-refractivity contribution in [2.24, 2.45) is 5.92 Å². The molecule has 1 aromatic rings. The summed E-state index contributed by atoms with van der Waals surface area (Å²) < 4.78 is 16.3. The number of methoxy groups -OCH3 is 1. The van der Waals surface area contributed by atoms with Gasteiger partial charge in [-0.15, -0.1) is 10.2 Å². The van der Waals surface area contributed by atoms with Crippen molar-refractivity contribution in [1.82, 2.24) is 15.1 Å². The maximum atomic E-state index is 12.4. The number of morpholine rings is 1. The van der Waals surface area contributed by atoms with Gasteiger partial charge in [0.05, 0.1) is 26.4 Å². The van der Waals surface area contributed by atoms with Gasteiger partial charge in [-0.3, -0.25) is 4.79 Å². The predicted molar refractivity (Wildman–Crippen MR) is 77.8 cm³/mol. The van der Waals surface area contributed by atoms with E-state index in [4.69, 9.17) is 14.2 Å². The molecule has 0 radical (unpaired) electrons. The lowest BCUT2D eigenvalue weighted by atomic mass is 10.2. The first-order valence-corrected chi connectivity index (χ1v) is 7.62. The number of hydrogen-bond donors (Lipinski definition) is 0. The molecule has 120 valence electrons. The molecule has 1 saturated carbocycles. The van der Waals surface area contributed by atoms with E-state index in [2.05, 4.69) is 10.2 Å². The molecule has 0 N–H and O–H groups in total. The Hall–Kier alpha value is -1.73. The Morgan fingerprint density at radius 3 is 2.91 bits per heavy atom. The van der Waals surface area contributed by atoms with Crippen molar-refractivity contribution in [2.45, 2.75) is 18.9 Å². The molecule has 0 aromatic carbocycles. The average Bonchev–Trinajstić information content (AvgIpc) is 3.39. The van der Waals surface area contributed by atoms with E-state index in [0.29, 0.717) is 37.9 Å². The Balaban J connectivity index is 1.51. The molecular weight excluding hydrogens is 286 g/mol. The summed E-state index contributed by atoms with van der Waals surface area (Å²) in [5.41, 5.74) is 0.320. The minimum Gasteiger partial charge on any atom is -0.480 e. The van der Waals surface area contributed by atoms with Crippen LogP contribution in [0.3, 0.4) is 0 Å². The Morgan fingerprint density at radius 1 is 1.36 bits per heavy atom. The lowest BCUT2D eigenvalue weighted by Crippen LogP contribution is -2.47. The van der Waals surface area contributed by atoms with E-state index in [-0.39, 0.29) is 12.0 Å². The van der Waals surface area contributed by atoms with Gasteiger partial charge >= 0.3 is 0 Å². The summed E-state index contributed by atoms with van der Waals surface area (Å²) in [5, 5.41) is 7.74. The van der Waals surface area contributed by atoms with Gasteiger partial charge in [0.15, 0.2) is 5.69 Å². The molecule has 3 rings (SSSR count). The number of hydrogen-bond acceptors (Lipinski definition) is 6. The highest BCUT2D eigenvalue weighted by atomic mass is 16.5. The second-order valence-corrected chi connectivity index (χ2v) is 5.69. The summed E-state index contributed by atoms with van der Waals surface area (Å²) in [6.45, 7) is 2.95. The van der Waals surface area contributed by atoms with Crippen molar-refractivity contribution in [1.29, 1.82) is 0 Å². The summed E-state index contributed by atoms with van der Waals surface area (Å²) in [4.78, 5) is 14.2. The average molecular weight is 307 g/mol. The van der Waals surface area contributed by atoms with Crippen molar-refractivity contribution in [3.63, 3.8) is 0 Å². The number of ether oxygens (including phenoxy) is 3. The van der Waals surface area contributed by atoms with Crippen LogP contribution in [0.15, 0.2) is 12.1 Å². The molecule has 1 aromatic heterocycles. The number of aromatic nitrogens is 2. The smallest absolute Gasteiger partial charge is 0.274 e. The third-order valence-electron chi connectivity index (χ3n) is 3.85. The van der Waals surface area contributed by atoms with Crippen LogP contribution in [0, 0.1) is 5.92 Å². The Morgan fingerprint density at radius 2 is 2.23 bits per heavy atom. The molecule has 2 heterocycles. The molecule has 2 fully saturated rings. The first-order valence-electron chi connectivity index (χ1n) is 7.62. The van der Waals surface area contributed by atoms with Crippen molar-refractivity contribution in [3.05, 3.63) is 17.8 Å². The van der Waals surface area contributed by atoms with Gasteiger partial charge in [-0.05, 0) is 24.8 Å². The van der Waals surface area contributed by atoms with Gasteiger partial charge < -0.3 is 19.1 Å². The number of amides is 1. The standard InChI is InChI=1S/C15H21N3O4/c1-20-14-5-4-13(16-17-14)15(19)18-6-7-22-12(8-18)10-21-9-11-2-3-11/h4-5,11-12H,2-3,6-10H2,1H3/t12-/m1/s1. The maximum absolute atomic E-state index is 12.4. The third-order valence-corrected chi connectivity index (χ3v) is 3.85. The summed E-state index contributed by atoms with van der Waals surface area (Å²) in [6.07, 6.45) is 2.47. The SMILES string of the molecule is COc1ccc(C(=O)N2CCO[C@@H](COCC3CC3)C2)nn1. The lowest BCUT2D eigenvalue weighted by Gasteiger charge is -2.32. The van der Waals surface area contributed by atoms with Gasteiger partial charge in [-0.1, -0.05) is 0 Å². The minimum atomic E-state index is -0.134. The fraction of sp³-hybridized carbons (Fsp3) is 0.667. The van der Waals surface area contributed by atoms with Gasteiger partial charge in [0.2, 0.25) is 5.88 Å². The van der Waals surface area contributed by atoms with Crippen LogP contribution >= 0.6 is 0 Å². The summed E-state index contributed by atoms with van der Waals surface area (Å²) >= 11 is 0. The summed E-state index contributed by atoms with van der Waals surface area (Å²) in [7, 11) is 1.51. The van der Waals surface area contributed by atoms with Crippen molar-refractivity contribution >= 4 is 5.91 Å². The van der Waals surface area contributed by atoms with Crippen molar-refractivity contribution in [3.8, 4) is 5.88 Å². The highest BCUT2D eigenvalue weighted by molar-refractivity contribution is 5.92. The summed E-state index contributed by atoms with van der Waals surface area (Å²) in [5.74, 6) is 0.992. The fourth-order valence-electron chi connectivity index (χ4n) is 2.36. The monoisotopic (exact) mass is 307 g/mol. The topological polar surface area (TPSA) is 73.8 Å². The quantitative estimate of drug-likeness (QED) is 0.772. The highest BCUT2D eigenvalue weighted by Gasteiger charge is 2.27. The largest absolute Gasteiger partial charge is 0.480 e. The van der Waals surface area contributed by atoms with E-state index < -0.39 is 0 Å². The first kappa shape index (κ1) is 15.2. The molecule has 7 heteroatoms. The van der Waals surface area contributed by atoms with Gasteiger partial charge in [-0.25, -0.2) is 0 Å². The number of rotatable bonds is 6. The first-order chi connectivity index (χ1) is 10.8. The molecule has 0 unspecified atom stereocenters. The lowest BCUT2D eigenvalue weighted by molar-refractivity contribution is -0.0629. The van der Waals surface area contributed by atoms with Crippen LogP contribution in [0.2, 0.25) is 0 Å². The maximum Gasteiger partial charge on any atom is 0.274 e. The molecule has 7 nitrogen and oxygen atoms in total. The Labute approximate surface area is 129 Å². The molecule has 1 atom stereocenters. The molecule has 22 heavy (non-hydrogen) atoms. The normalized spacial score (nSPS) is 21.7. The second-order valence-electron chi connectivity index (χ2n) is 5.69. The molecule has 1 aliphatic heterocycles. The fourth-order valence-corrected chi connectivity index (χ4v) is 2.36. The molecule has 1 amide bonds. The molecular formula is C15H21N3O4. The molecule has 1 saturated heterocycles. The van der Waals surface area contributed by atoms with Crippen LogP contribution in [0.1, 0.15) is 23.3 Å². The van der Waals surface area contributed by atoms with Gasteiger partial charge in [0.25, 0.3) is 5.91 Å². The van der Waals surface area contributed by atoms with Crippen LogP contribution in [-0.4, -0.2) is 67.1 Å². The zero-order valence-corrected chi connectivity index (χ0v) is 12.7. The highest BCUT2D eigenvalue weighted by Crippen LogP contribution is 2.28. The minimum absolute atomic E-state index is 0.0670. The van der Waals surface area contributed by atoms with E-state index in [1.165, 1.54) is 20.0 Å². The van der Waals surface area contributed by atoms with Crippen LogP contribution in [0.25, 0.3) is 0 Å². The van der Waals surface area contributed by atoms with Crippen molar-refractivity contribution in [2.75, 3.05) is 40.0 Å². The number of carbonyl (C=O) groups excluding carboxylic acids is 1. The third kappa shape index (κ3) is 3.92. The summed E-state index contributed by atoms with van der Waals surface area (Å²) in [6, 6.07) is 3.26. The van der Waals surface area contributed by atoms with E-state index in [1.54, 1.807) is 17.0 Å². The second kappa shape index (κ2) is 7.02. The van der Waals surface area contributed by atoms with E-state index in [9.17, 15) is 4.79 Å². The zero-order chi connectivity index (χ0) is 15.4. The Kier molecular flexibility index (Phi) is 4.84.